The summed E-state index contributed by atoms with van der Waals surface area (Å²) >= 11 is 0. The minimum atomic E-state index is -0.225. The van der Waals surface area contributed by atoms with Gasteiger partial charge < -0.3 is 9.47 Å². The van der Waals surface area contributed by atoms with Crippen LogP contribution >= 0.6 is 0 Å². The van der Waals surface area contributed by atoms with E-state index in [9.17, 15) is 4.79 Å². The Morgan fingerprint density at radius 3 is 2.30 bits per heavy atom. The van der Waals surface area contributed by atoms with Gasteiger partial charge in [0, 0.05) is 5.56 Å². The number of hydrogen-bond donors (Lipinski definition) is 1. The van der Waals surface area contributed by atoms with Crippen LogP contribution in [-0.4, -0.2) is 25.3 Å². The van der Waals surface area contributed by atoms with Crippen molar-refractivity contribution in [3.05, 3.63) is 59.2 Å². The van der Waals surface area contributed by atoms with Gasteiger partial charge in [-0.1, -0.05) is 64.5 Å². The molecule has 1 amide bonds. The zero-order valence-electron chi connectivity index (χ0n) is 20.6. The van der Waals surface area contributed by atoms with E-state index in [0.29, 0.717) is 24.5 Å². The van der Waals surface area contributed by atoms with Crippen molar-refractivity contribution in [3.63, 3.8) is 0 Å². The Morgan fingerprint density at radius 1 is 0.848 bits per heavy atom. The van der Waals surface area contributed by atoms with Crippen molar-refractivity contribution >= 4 is 12.1 Å². The molecule has 2 aromatic rings. The van der Waals surface area contributed by atoms with E-state index >= 15 is 0 Å². The van der Waals surface area contributed by atoms with E-state index in [1.807, 2.05) is 49.4 Å². The number of carbonyl (C=O) groups excluding carboxylic acids is 1. The number of rotatable bonds is 16. The summed E-state index contributed by atoms with van der Waals surface area (Å²) in [6.45, 7) is 7.60. The maximum Gasteiger partial charge on any atom is 0.271 e. The van der Waals surface area contributed by atoms with Crippen molar-refractivity contribution in [3.8, 4) is 11.5 Å². The second kappa shape index (κ2) is 15.9. The second-order valence-corrected chi connectivity index (χ2v) is 8.26. The molecule has 0 aromatic heterocycles. The summed E-state index contributed by atoms with van der Waals surface area (Å²) in [6, 6.07) is 13.4. The molecule has 0 unspecified atom stereocenters. The lowest BCUT2D eigenvalue weighted by molar-refractivity contribution is 0.0955. The Labute approximate surface area is 199 Å². The van der Waals surface area contributed by atoms with Gasteiger partial charge in [0.15, 0.2) is 11.5 Å². The first-order chi connectivity index (χ1) is 16.2. The number of carbonyl (C=O) groups is 1. The first-order valence-electron chi connectivity index (χ1n) is 12.5. The Hall–Kier alpha value is -2.82. The van der Waals surface area contributed by atoms with Gasteiger partial charge in [0.2, 0.25) is 0 Å². The summed E-state index contributed by atoms with van der Waals surface area (Å²) in [5.41, 5.74) is 5.28. The molecule has 0 aliphatic heterocycles. The highest BCUT2D eigenvalue weighted by Gasteiger charge is 2.07. The lowest BCUT2D eigenvalue weighted by Crippen LogP contribution is -2.17. The third-order valence-corrected chi connectivity index (χ3v) is 5.44. The van der Waals surface area contributed by atoms with Gasteiger partial charge in [-0.15, -0.1) is 0 Å². The number of benzene rings is 2. The van der Waals surface area contributed by atoms with Gasteiger partial charge in [0.25, 0.3) is 5.91 Å². The largest absolute Gasteiger partial charge is 0.490 e. The fourth-order valence-corrected chi connectivity index (χ4v) is 3.49. The summed E-state index contributed by atoms with van der Waals surface area (Å²) in [7, 11) is 0. The maximum atomic E-state index is 12.3. The third kappa shape index (κ3) is 10.1. The zero-order valence-corrected chi connectivity index (χ0v) is 20.6. The van der Waals surface area contributed by atoms with Crippen molar-refractivity contribution in [2.45, 2.75) is 78.6 Å². The standard InChI is InChI=1S/C28H40N2O3/c1-4-7-9-10-11-12-20-33-26-19-16-24(21-27(26)32-6-3)22-29-30-28(31)25-17-14-23(15-18-25)13-8-5-2/h14-19,21-22H,4-13,20H2,1-3H3,(H,30,31). The predicted molar refractivity (Wildman–Crippen MR) is 137 cm³/mol. The molecule has 5 heteroatoms. The van der Waals surface area contributed by atoms with Crippen LogP contribution in [-0.2, 0) is 6.42 Å². The van der Waals surface area contributed by atoms with Gasteiger partial charge in [-0.3, -0.25) is 4.79 Å². The van der Waals surface area contributed by atoms with E-state index in [0.717, 1.165) is 37.0 Å². The first kappa shape index (κ1) is 26.4. The molecular formula is C28H40N2O3. The molecule has 0 bridgehead atoms. The van der Waals surface area contributed by atoms with Crippen LogP contribution in [0.25, 0.3) is 0 Å². The Kier molecular flexibility index (Phi) is 12.7. The van der Waals surface area contributed by atoms with E-state index in [1.165, 1.54) is 37.7 Å². The van der Waals surface area contributed by atoms with E-state index in [4.69, 9.17) is 9.47 Å². The molecule has 0 atom stereocenters. The lowest BCUT2D eigenvalue weighted by Gasteiger charge is -2.12. The van der Waals surface area contributed by atoms with Crippen molar-refractivity contribution in [2.24, 2.45) is 5.10 Å². The van der Waals surface area contributed by atoms with Crippen LogP contribution in [0, 0.1) is 0 Å². The molecule has 0 heterocycles. The Bertz CT molecular complexity index is 847. The third-order valence-electron chi connectivity index (χ3n) is 5.44. The SMILES string of the molecule is CCCCCCCCOc1ccc(C=NNC(=O)c2ccc(CCCC)cc2)cc1OCC. The molecule has 0 saturated carbocycles. The van der Waals surface area contributed by atoms with Crippen LogP contribution in [0.3, 0.4) is 0 Å². The van der Waals surface area contributed by atoms with Crippen molar-refractivity contribution in [1.82, 2.24) is 5.43 Å². The van der Waals surface area contributed by atoms with E-state index in [-0.39, 0.29) is 5.91 Å². The number of ether oxygens (including phenoxy) is 2. The molecule has 33 heavy (non-hydrogen) atoms. The highest BCUT2D eigenvalue weighted by Crippen LogP contribution is 2.28. The molecule has 0 radical (unpaired) electrons. The molecule has 0 fully saturated rings. The summed E-state index contributed by atoms with van der Waals surface area (Å²) in [4.78, 5) is 12.3. The highest BCUT2D eigenvalue weighted by atomic mass is 16.5. The maximum absolute atomic E-state index is 12.3. The summed E-state index contributed by atoms with van der Waals surface area (Å²) < 4.78 is 11.7. The summed E-state index contributed by atoms with van der Waals surface area (Å²) in [5.74, 6) is 1.22. The molecule has 2 aromatic carbocycles. The molecule has 0 aliphatic carbocycles. The van der Waals surface area contributed by atoms with Gasteiger partial charge >= 0.3 is 0 Å². The number of nitrogens with one attached hydrogen (secondary N) is 1. The monoisotopic (exact) mass is 452 g/mol. The smallest absolute Gasteiger partial charge is 0.271 e. The van der Waals surface area contributed by atoms with Crippen LogP contribution in [0.5, 0.6) is 11.5 Å². The summed E-state index contributed by atoms with van der Waals surface area (Å²) in [5, 5.41) is 4.11. The molecular weight excluding hydrogens is 412 g/mol. The fraction of sp³-hybridized carbons (Fsp3) is 0.500. The predicted octanol–water partition coefficient (Wildman–Crippen LogP) is 6.93. The molecule has 1 N–H and O–H groups in total. The Morgan fingerprint density at radius 2 is 1.58 bits per heavy atom. The molecule has 0 spiro atoms. The van der Waals surface area contributed by atoms with Crippen LogP contribution in [0.4, 0.5) is 0 Å². The summed E-state index contributed by atoms with van der Waals surface area (Å²) in [6.07, 6.45) is 12.3. The van der Waals surface area contributed by atoms with Crippen LogP contribution < -0.4 is 14.9 Å². The number of amides is 1. The second-order valence-electron chi connectivity index (χ2n) is 8.26. The number of hydrogen-bond acceptors (Lipinski definition) is 4. The zero-order chi connectivity index (χ0) is 23.7. The van der Waals surface area contributed by atoms with Gasteiger partial charge in [-0.25, -0.2) is 5.43 Å². The quantitative estimate of drug-likeness (QED) is 0.171. The van der Waals surface area contributed by atoms with Crippen molar-refractivity contribution in [1.29, 1.82) is 0 Å². The van der Waals surface area contributed by atoms with Crippen molar-refractivity contribution in [2.75, 3.05) is 13.2 Å². The number of unbranched alkanes of at least 4 members (excludes halogenated alkanes) is 6. The average Bonchev–Trinajstić information content (AvgIpc) is 2.83. The number of nitrogens with zero attached hydrogens (tertiary/aromatic N) is 1. The highest BCUT2D eigenvalue weighted by molar-refractivity contribution is 5.94. The first-order valence-corrected chi connectivity index (χ1v) is 12.5. The molecule has 0 saturated heterocycles. The number of hydrazone groups is 1. The molecule has 5 nitrogen and oxygen atoms in total. The van der Waals surface area contributed by atoms with Gasteiger partial charge in [0.05, 0.1) is 19.4 Å². The van der Waals surface area contributed by atoms with E-state index in [1.54, 1.807) is 6.21 Å². The minimum absolute atomic E-state index is 0.225. The topological polar surface area (TPSA) is 59.9 Å². The number of aryl methyl sites for hydroxylation is 1. The fourth-order valence-electron chi connectivity index (χ4n) is 3.49. The normalized spacial score (nSPS) is 11.0. The molecule has 0 aliphatic rings. The average molecular weight is 453 g/mol. The molecule has 2 rings (SSSR count). The van der Waals surface area contributed by atoms with Crippen molar-refractivity contribution < 1.29 is 14.3 Å². The molecule has 180 valence electrons. The van der Waals surface area contributed by atoms with E-state index in [2.05, 4.69) is 24.4 Å². The van der Waals surface area contributed by atoms with Gasteiger partial charge in [-0.05, 0) is 67.6 Å². The van der Waals surface area contributed by atoms with Crippen LogP contribution in [0.2, 0.25) is 0 Å². The van der Waals surface area contributed by atoms with Gasteiger partial charge in [-0.2, -0.15) is 5.10 Å². The van der Waals surface area contributed by atoms with Gasteiger partial charge in [0.1, 0.15) is 0 Å². The van der Waals surface area contributed by atoms with E-state index < -0.39 is 0 Å². The minimum Gasteiger partial charge on any atom is -0.490 e. The Balaban J connectivity index is 1.86. The van der Waals surface area contributed by atoms with Crippen LogP contribution in [0.1, 0.15) is 93.6 Å². The lowest BCUT2D eigenvalue weighted by atomic mass is 10.1. The van der Waals surface area contributed by atoms with Crippen LogP contribution in [0.15, 0.2) is 47.6 Å².